The van der Waals surface area contributed by atoms with Gasteiger partial charge in [-0.2, -0.15) is 0 Å². The zero-order valence-corrected chi connectivity index (χ0v) is 17.9. The van der Waals surface area contributed by atoms with Crippen molar-refractivity contribution < 1.29 is 14.4 Å². The molecule has 156 valence electrons. The highest BCUT2D eigenvalue weighted by Gasteiger charge is 2.26. The summed E-state index contributed by atoms with van der Waals surface area (Å²) in [5, 5.41) is 3.22. The van der Waals surface area contributed by atoms with Gasteiger partial charge in [-0.3, -0.25) is 4.79 Å². The molecule has 1 fully saturated rings. The molecule has 1 aromatic carbocycles. The Labute approximate surface area is 174 Å². The number of rotatable bonds is 6. The van der Waals surface area contributed by atoms with E-state index in [0.717, 1.165) is 57.9 Å². The Kier molecular flexibility index (Phi) is 6.36. The molecule has 0 saturated carbocycles. The van der Waals surface area contributed by atoms with Gasteiger partial charge in [-0.1, -0.05) is 24.3 Å². The van der Waals surface area contributed by atoms with Crippen molar-refractivity contribution in [2.24, 2.45) is 0 Å². The van der Waals surface area contributed by atoms with Crippen LogP contribution < -0.4 is 10.2 Å². The lowest BCUT2D eigenvalue weighted by molar-refractivity contribution is -0.906. The molecule has 2 N–H and O–H groups in total. The van der Waals surface area contributed by atoms with Crippen LogP contribution in [0.15, 0.2) is 24.3 Å². The molecule has 1 aromatic heterocycles. The number of quaternary nitrogens is 1. The summed E-state index contributed by atoms with van der Waals surface area (Å²) < 4.78 is 7.74. The van der Waals surface area contributed by atoms with Crippen molar-refractivity contribution in [3.05, 3.63) is 57.9 Å². The lowest BCUT2D eigenvalue weighted by Crippen LogP contribution is -3.14. The van der Waals surface area contributed by atoms with Crippen LogP contribution in [-0.2, 0) is 24.1 Å². The Morgan fingerprint density at radius 3 is 2.69 bits per heavy atom. The van der Waals surface area contributed by atoms with E-state index in [1.807, 2.05) is 0 Å². The summed E-state index contributed by atoms with van der Waals surface area (Å²) >= 11 is 0. The molecule has 0 bridgehead atoms. The predicted octanol–water partition coefficient (Wildman–Crippen LogP) is 1.68. The van der Waals surface area contributed by atoms with Gasteiger partial charge in [0.25, 0.3) is 5.91 Å². The number of hydrogen-bond donors (Lipinski definition) is 2. The first kappa shape index (κ1) is 20.2. The number of carbonyl (C=O) groups excluding carboxylic acids is 1. The average Bonchev–Trinajstić information content (AvgIpc) is 3.02. The summed E-state index contributed by atoms with van der Waals surface area (Å²) in [6.07, 6.45) is 4.61. The Morgan fingerprint density at radius 1 is 1.14 bits per heavy atom. The first-order chi connectivity index (χ1) is 14.1. The highest BCUT2D eigenvalue weighted by atomic mass is 16.5. The first-order valence-corrected chi connectivity index (χ1v) is 11.1. The second-order valence-corrected chi connectivity index (χ2v) is 8.49. The van der Waals surface area contributed by atoms with Crippen LogP contribution in [0.5, 0.6) is 0 Å². The number of ether oxygens (including phenoxy) is 1. The molecular formula is C24H34N3O2+. The molecule has 0 unspecified atom stereocenters. The largest absolute Gasteiger partial charge is 0.370 e. The van der Waals surface area contributed by atoms with Crippen LogP contribution in [0.25, 0.3) is 0 Å². The van der Waals surface area contributed by atoms with Gasteiger partial charge in [-0.25, -0.2) is 0 Å². The number of benzene rings is 1. The van der Waals surface area contributed by atoms with Gasteiger partial charge in [0.1, 0.15) is 18.8 Å². The van der Waals surface area contributed by atoms with Gasteiger partial charge in [-0.05, 0) is 61.8 Å². The molecule has 0 spiro atoms. The highest BCUT2D eigenvalue weighted by Crippen LogP contribution is 2.30. The molecule has 1 amide bonds. The van der Waals surface area contributed by atoms with Gasteiger partial charge < -0.3 is 19.5 Å². The maximum absolute atomic E-state index is 13.3. The lowest BCUT2D eigenvalue weighted by Gasteiger charge is -2.23. The van der Waals surface area contributed by atoms with Crippen molar-refractivity contribution >= 4 is 5.91 Å². The molecule has 5 nitrogen and oxygen atoms in total. The number of nitrogens with zero attached hydrogens (tertiary/aromatic N) is 1. The van der Waals surface area contributed by atoms with Crippen molar-refractivity contribution in [1.29, 1.82) is 0 Å². The number of carbonyl (C=O) groups is 1. The monoisotopic (exact) mass is 396 g/mol. The number of aromatic nitrogens is 1. The van der Waals surface area contributed by atoms with Crippen LogP contribution >= 0.6 is 0 Å². The highest BCUT2D eigenvalue weighted by molar-refractivity contribution is 5.95. The van der Waals surface area contributed by atoms with Crippen molar-refractivity contribution in [3.8, 4) is 0 Å². The number of fused-ring (bicyclic) bond motifs is 1. The molecule has 5 heteroatoms. The van der Waals surface area contributed by atoms with E-state index >= 15 is 0 Å². The third kappa shape index (κ3) is 4.41. The van der Waals surface area contributed by atoms with E-state index in [-0.39, 0.29) is 5.91 Å². The molecule has 1 saturated heterocycles. The minimum absolute atomic E-state index is 0.0816. The van der Waals surface area contributed by atoms with Gasteiger partial charge in [0.2, 0.25) is 0 Å². The van der Waals surface area contributed by atoms with Crippen molar-refractivity contribution in [3.63, 3.8) is 0 Å². The van der Waals surface area contributed by atoms with E-state index in [2.05, 4.69) is 48.0 Å². The Morgan fingerprint density at radius 2 is 1.90 bits per heavy atom. The fraction of sp³-hybridized carbons (Fsp3) is 0.542. The zero-order valence-electron chi connectivity index (χ0n) is 17.9. The van der Waals surface area contributed by atoms with Gasteiger partial charge in [0.05, 0.1) is 26.3 Å². The summed E-state index contributed by atoms with van der Waals surface area (Å²) in [5.41, 5.74) is 7.42. The van der Waals surface area contributed by atoms with Crippen LogP contribution in [0.2, 0.25) is 0 Å². The Balaban J connectivity index is 1.55. The minimum Gasteiger partial charge on any atom is -0.370 e. The third-order valence-corrected chi connectivity index (χ3v) is 6.61. The van der Waals surface area contributed by atoms with E-state index in [1.165, 1.54) is 45.7 Å². The normalized spacial score (nSPS) is 17.2. The standard InChI is InChI=1S/C24H33N3O2/c1-18-7-3-4-8-20(18)17-27-22-10-6-5-9-21(22)19(2)23(27)24(28)25-11-12-26-13-15-29-16-14-26/h3-4,7-8H,5-6,9-17H2,1-2H3,(H,25,28)/p+1. The average molecular weight is 397 g/mol. The van der Waals surface area contributed by atoms with E-state index < -0.39 is 0 Å². The molecule has 4 rings (SSSR count). The summed E-state index contributed by atoms with van der Waals surface area (Å²) in [4.78, 5) is 14.8. The van der Waals surface area contributed by atoms with Gasteiger partial charge >= 0.3 is 0 Å². The van der Waals surface area contributed by atoms with Crippen LogP contribution in [0.1, 0.15) is 51.3 Å². The Bertz CT molecular complexity index is 865. The van der Waals surface area contributed by atoms with Gasteiger partial charge in [0.15, 0.2) is 0 Å². The third-order valence-electron chi connectivity index (χ3n) is 6.61. The van der Waals surface area contributed by atoms with Gasteiger partial charge in [0, 0.05) is 12.2 Å². The molecule has 2 aromatic rings. The molecule has 0 radical (unpaired) electrons. The maximum Gasteiger partial charge on any atom is 0.268 e. The number of amides is 1. The molecule has 29 heavy (non-hydrogen) atoms. The smallest absolute Gasteiger partial charge is 0.268 e. The molecule has 0 atom stereocenters. The van der Waals surface area contributed by atoms with Crippen molar-refractivity contribution in [2.45, 2.75) is 46.1 Å². The molecule has 1 aliphatic carbocycles. The summed E-state index contributed by atoms with van der Waals surface area (Å²) in [7, 11) is 0. The van der Waals surface area contributed by atoms with Crippen LogP contribution in [-0.4, -0.2) is 49.9 Å². The summed E-state index contributed by atoms with van der Waals surface area (Å²) in [5.74, 6) is 0.0816. The molecule has 2 heterocycles. The SMILES string of the molecule is Cc1ccccc1Cn1c2c(c(C)c1C(=O)NCC[NH+]1CCOCC1)CCCC2. The minimum atomic E-state index is 0.0816. The second-order valence-electron chi connectivity index (χ2n) is 8.49. The molecule has 1 aliphatic heterocycles. The van der Waals surface area contributed by atoms with Crippen molar-refractivity contribution in [1.82, 2.24) is 9.88 Å². The quantitative estimate of drug-likeness (QED) is 0.781. The van der Waals surface area contributed by atoms with E-state index in [9.17, 15) is 4.79 Å². The predicted molar refractivity (Wildman–Crippen MR) is 115 cm³/mol. The molecule has 2 aliphatic rings. The van der Waals surface area contributed by atoms with E-state index in [1.54, 1.807) is 0 Å². The first-order valence-electron chi connectivity index (χ1n) is 11.1. The number of morpholine rings is 1. The van der Waals surface area contributed by atoms with E-state index in [0.29, 0.717) is 6.54 Å². The van der Waals surface area contributed by atoms with Crippen LogP contribution in [0.3, 0.4) is 0 Å². The van der Waals surface area contributed by atoms with E-state index in [4.69, 9.17) is 4.74 Å². The fourth-order valence-electron chi connectivity index (χ4n) is 4.84. The summed E-state index contributed by atoms with van der Waals surface area (Å²) in [6.45, 7) is 10.5. The molecular weight excluding hydrogens is 362 g/mol. The van der Waals surface area contributed by atoms with Crippen LogP contribution in [0, 0.1) is 13.8 Å². The summed E-state index contributed by atoms with van der Waals surface area (Å²) in [6, 6.07) is 8.51. The number of aryl methyl sites for hydroxylation is 1. The second kappa shape index (κ2) is 9.14. The topological polar surface area (TPSA) is 47.7 Å². The number of nitrogens with one attached hydrogen (secondary N) is 2. The lowest BCUT2D eigenvalue weighted by atomic mass is 9.95. The number of hydrogen-bond acceptors (Lipinski definition) is 2. The zero-order chi connectivity index (χ0) is 20.2. The van der Waals surface area contributed by atoms with Gasteiger partial charge in [-0.15, -0.1) is 0 Å². The van der Waals surface area contributed by atoms with Crippen LogP contribution in [0.4, 0.5) is 0 Å². The fourth-order valence-corrected chi connectivity index (χ4v) is 4.84. The maximum atomic E-state index is 13.3. The van der Waals surface area contributed by atoms with Crippen molar-refractivity contribution in [2.75, 3.05) is 39.4 Å². The Hall–Kier alpha value is -2.11.